The first-order valence-corrected chi connectivity index (χ1v) is 49.2. The van der Waals surface area contributed by atoms with E-state index in [1.807, 2.05) is 12.2 Å². The third-order valence-electron chi connectivity index (χ3n) is 12.6. The average Bonchev–Trinajstić information content (AvgIpc) is 3.62. The second kappa shape index (κ2) is 12.7. The maximum absolute atomic E-state index is 8.99. The molecule has 2 nitrogen and oxygen atoms in total. The number of rotatable bonds is 11. The van der Waals surface area contributed by atoms with Gasteiger partial charge in [-0.25, -0.2) is 0 Å². The Kier molecular flexibility index (Phi) is 9.91. The van der Waals surface area contributed by atoms with Gasteiger partial charge in [-0.1, -0.05) is 0 Å². The minimum absolute atomic E-state index is 0.0857. The SMILES string of the molecule is C=CC[N+](C)(C)c1ccc(-c2cccc3c2C=C(C)[CH]3[Zr]([Cl])([Cl])([I])([I])([CH]2C(C)=Cc3c(-c4ccc([N+](C)(C)CC=C)cc4)cccc32)[SiH](C)C)cc1. The summed E-state index contributed by atoms with van der Waals surface area (Å²) < 4.78 is -4.74. The van der Waals surface area contributed by atoms with Gasteiger partial charge in [-0.3, -0.25) is 0 Å². The van der Waals surface area contributed by atoms with Gasteiger partial charge in [0.15, 0.2) is 0 Å². The molecule has 6 rings (SSSR count). The van der Waals surface area contributed by atoms with Gasteiger partial charge in [-0.05, 0) is 0 Å². The normalized spacial score (nSPS) is 19.4. The Morgan fingerprint density at radius 2 is 0.981 bits per heavy atom. The van der Waals surface area contributed by atoms with E-state index in [2.05, 4.69) is 201 Å². The van der Waals surface area contributed by atoms with Crippen LogP contribution in [0.15, 0.2) is 121 Å². The summed E-state index contributed by atoms with van der Waals surface area (Å²) in [5, 5.41) is 0. The molecule has 273 valence electrons. The molecule has 2 aliphatic rings. The van der Waals surface area contributed by atoms with E-state index in [0.29, 0.717) is 0 Å². The van der Waals surface area contributed by atoms with Crippen LogP contribution in [0.5, 0.6) is 0 Å². The van der Waals surface area contributed by atoms with Crippen molar-refractivity contribution in [1.29, 1.82) is 0 Å². The fourth-order valence-corrected chi connectivity index (χ4v) is 64.8. The predicted molar refractivity (Wildman–Crippen MR) is 253 cm³/mol. The molecule has 2 unspecified atom stereocenters. The first-order valence-electron chi connectivity index (χ1n) is 18.2. The first kappa shape index (κ1) is 40.6. The monoisotopic (exact) mass is 1050 g/mol. The van der Waals surface area contributed by atoms with E-state index >= 15 is 0 Å². The molecule has 0 aliphatic heterocycles. The van der Waals surface area contributed by atoms with Crippen molar-refractivity contribution >= 4 is 82.6 Å². The molecule has 52 heavy (non-hydrogen) atoms. The van der Waals surface area contributed by atoms with Crippen LogP contribution >= 0.6 is 53.1 Å². The van der Waals surface area contributed by atoms with Gasteiger partial charge in [0.2, 0.25) is 0 Å². The average molecular weight is 1050 g/mol. The fraction of sp³-hybridized carbons (Fsp3) is 0.273. The molecule has 0 radical (unpaired) electrons. The number of likely N-dealkylation sites (N-methyl/N-ethyl adjacent to an activating group) is 2. The van der Waals surface area contributed by atoms with Crippen molar-refractivity contribution in [1.82, 2.24) is 8.97 Å². The Morgan fingerprint density at radius 1 is 0.635 bits per heavy atom. The van der Waals surface area contributed by atoms with Crippen LogP contribution in [0.2, 0.25) is 13.1 Å². The Bertz CT molecular complexity index is 2060. The number of hydrogen-bond acceptors (Lipinski definition) is 0. The van der Waals surface area contributed by atoms with Crippen molar-refractivity contribution in [3.05, 3.63) is 144 Å². The van der Waals surface area contributed by atoms with Crippen LogP contribution < -0.4 is 8.97 Å². The van der Waals surface area contributed by atoms with E-state index in [1.54, 1.807) is 0 Å². The Labute approximate surface area is 333 Å². The number of hydrogen-bond donors (Lipinski definition) is 0. The first-order chi connectivity index (χ1) is 24.0. The van der Waals surface area contributed by atoms with E-state index in [4.69, 9.17) is 17.0 Å². The van der Waals surface area contributed by atoms with Crippen LogP contribution in [-0.2, 0) is 4.21 Å². The van der Waals surface area contributed by atoms with Crippen molar-refractivity contribution < 1.29 is 4.21 Å². The van der Waals surface area contributed by atoms with Crippen molar-refractivity contribution in [3.8, 4) is 22.3 Å². The van der Waals surface area contributed by atoms with Gasteiger partial charge in [0.1, 0.15) is 0 Å². The standard InChI is InChI=1S/2C21H23N.C2H7Si.2ClH.2HI.Zr/c2*1-5-13-22(3,4)19-11-9-17(10-12-19)20-8-6-7-18-14-16(2)15-21(18)20;1-3-2;;;;;/h2*5-12,14-15H,1,13H2,2-4H3;3H,1-2H3;4*1H;/q2*+1;;;;;;+4/p-4. The Balaban J connectivity index is 1.51. The number of quaternary nitrogens is 2. The number of halogens is 4. The molecule has 0 aromatic heterocycles. The maximum atomic E-state index is 8.99. The van der Waals surface area contributed by atoms with Gasteiger partial charge < -0.3 is 0 Å². The molecule has 0 saturated carbocycles. The zero-order valence-corrected chi connectivity index (χ0v) is 41.3. The predicted octanol–water partition coefficient (Wildman–Crippen LogP) is 13.9. The van der Waals surface area contributed by atoms with Crippen LogP contribution in [0.25, 0.3) is 34.4 Å². The van der Waals surface area contributed by atoms with E-state index < -0.39 is 10.1 Å². The molecule has 4 aromatic rings. The van der Waals surface area contributed by atoms with Crippen molar-refractivity contribution in [2.24, 2.45) is 0 Å². The van der Waals surface area contributed by atoms with Gasteiger partial charge >= 0.3 is 337 Å². The molecule has 0 amide bonds. The van der Waals surface area contributed by atoms with Crippen LogP contribution in [0.4, 0.5) is 11.4 Å². The van der Waals surface area contributed by atoms with Gasteiger partial charge in [0.05, 0.1) is 0 Å². The molecule has 2 atom stereocenters. The van der Waals surface area contributed by atoms with E-state index in [-0.39, 0.29) is 7.25 Å². The topological polar surface area (TPSA) is 0 Å². The van der Waals surface area contributed by atoms with Gasteiger partial charge in [0.25, 0.3) is 0 Å². The summed E-state index contributed by atoms with van der Waals surface area (Å²) in [5.41, 5.74) is 15.0. The summed E-state index contributed by atoms with van der Waals surface area (Å²) >= 11 is 5.52. The molecule has 2 aliphatic carbocycles. The molecular formula is C44H53Cl2I2N2SiZr+2. The summed E-state index contributed by atoms with van der Waals surface area (Å²) in [6, 6.07) is 31.6. The van der Waals surface area contributed by atoms with Crippen LogP contribution in [0.1, 0.15) is 43.4 Å². The molecule has 0 N–H and O–H groups in total. The van der Waals surface area contributed by atoms with Gasteiger partial charge in [-0.15, -0.1) is 0 Å². The third-order valence-corrected chi connectivity index (χ3v) is 133. The number of nitrogens with zero attached hydrogens (tertiary/aromatic N) is 2. The van der Waals surface area contributed by atoms with E-state index in [9.17, 15) is 0 Å². The van der Waals surface area contributed by atoms with Crippen molar-refractivity contribution in [3.63, 3.8) is 0 Å². The fourth-order valence-electron chi connectivity index (χ4n) is 9.43. The van der Waals surface area contributed by atoms with Gasteiger partial charge in [0, 0.05) is 0 Å². The summed E-state index contributed by atoms with van der Waals surface area (Å²) in [6.07, 6.45) is 8.76. The summed E-state index contributed by atoms with van der Waals surface area (Å²) in [5.74, 6) is -1.90. The quantitative estimate of drug-likeness (QED) is 0.0608. The van der Waals surface area contributed by atoms with Crippen LogP contribution in [0.3, 0.4) is 0 Å². The minimum atomic E-state index is -6.09. The van der Waals surface area contributed by atoms with E-state index in [1.165, 1.54) is 67.0 Å². The van der Waals surface area contributed by atoms with Crippen LogP contribution in [0, 0.1) is 0 Å². The van der Waals surface area contributed by atoms with E-state index in [0.717, 1.165) is 22.1 Å². The summed E-state index contributed by atoms with van der Waals surface area (Å²) in [4.78, 5) is 0. The molecule has 0 fully saturated rings. The molecular weight excluding hydrogens is 1000 g/mol. The van der Waals surface area contributed by atoms with Gasteiger partial charge in [-0.2, -0.15) is 0 Å². The van der Waals surface area contributed by atoms with Crippen molar-refractivity contribution in [2.75, 3.05) is 41.3 Å². The summed E-state index contributed by atoms with van der Waals surface area (Å²) in [7, 11) is 26.9. The second-order valence-electron chi connectivity index (χ2n) is 17.1. The molecule has 0 saturated heterocycles. The zero-order chi connectivity index (χ0) is 38.2. The molecule has 0 spiro atoms. The second-order valence-corrected chi connectivity index (χ2v) is 155. The summed E-state index contributed by atoms with van der Waals surface area (Å²) in [6.45, 7) is 19.1. The number of allylic oxidation sites excluding steroid dienone is 2. The Morgan fingerprint density at radius 3 is 1.29 bits per heavy atom. The van der Waals surface area contributed by atoms with Crippen molar-refractivity contribution in [2.45, 2.75) is 34.2 Å². The van der Waals surface area contributed by atoms with Crippen LogP contribution in [-0.4, -0.2) is 47.2 Å². The molecule has 4 aromatic carbocycles. The molecule has 8 heteroatoms. The molecule has 0 bridgehead atoms. The molecule has 0 heterocycles. The third kappa shape index (κ3) is 6.17. The Hall–Kier alpha value is -1.10. The number of fused-ring (bicyclic) bond motifs is 2. The zero-order valence-electron chi connectivity index (χ0n) is 31.9. The number of benzene rings is 4.